The molecule has 5 aliphatic carbocycles. The van der Waals surface area contributed by atoms with Crippen LogP contribution in [0.4, 0.5) is 0 Å². The molecule has 90 heavy (non-hydrogen) atoms. The lowest BCUT2D eigenvalue weighted by Gasteiger charge is -2.72. The molecule has 9 aliphatic rings. The van der Waals surface area contributed by atoms with Crippen LogP contribution in [0.2, 0.25) is 0 Å². The van der Waals surface area contributed by atoms with E-state index >= 15 is 0 Å². The first-order valence-electron chi connectivity index (χ1n) is 32.0. The summed E-state index contributed by atoms with van der Waals surface area (Å²) in [6.07, 6.45) is -30.1. The minimum atomic E-state index is -2.17. The summed E-state index contributed by atoms with van der Waals surface area (Å²) in [6, 6.07) is 0. The Bertz CT molecular complexity index is 2580. The van der Waals surface area contributed by atoms with Crippen LogP contribution in [0.3, 0.4) is 0 Å². The Morgan fingerprint density at radius 1 is 0.667 bits per heavy atom. The maximum absolute atomic E-state index is 13.3. The van der Waals surface area contributed by atoms with Gasteiger partial charge in [-0.2, -0.15) is 0 Å². The number of hydrogen-bond acceptors (Lipinski definition) is 26. The molecular weight excluding hydrogens is 1190 g/mol. The van der Waals surface area contributed by atoms with Crippen LogP contribution >= 0.6 is 0 Å². The number of rotatable bonds is 18. The van der Waals surface area contributed by atoms with Crippen molar-refractivity contribution in [2.24, 2.45) is 50.2 Å². The molecule has 14 N–H and O–H groups in total. The summed E-state index contributed by atoms with van der Waals surface area (Å²) in [7, 11) is 0. The highest BCUT2D eigenvalue weighted by Gasteiger charge is 2.73. The summed E-state index contributed by atoms with van der Waals surface area (Å²) < 4.78 is 61.0. The van der Waals surface area contributed by atoms with Crippen LogP contribution < -0.4 is 0 Å². The van der Waals surface area contributed by atoms with Gasteiger partial charge < -0.3 is 119 Å². The third-order valence-corrected chi connectivity index (χ3v) is 23.2. The molecule has 27 nitrogen and oxygen atoms in total. The number of aliphatic hydroxyl groups is 13. The Kier molecular flexibility index (Phi) is 21.3. The summed E-state index contributed by atoms with van der Waals surface area (Å²) in [6.45, 7) is 16.5. The predicted octanol–water partition coefficient (Wildman–Crippen LogP) is -1.01. The second-order valence-electron chi connectivity index (χ2n) is 29.1. The number of carboxylic acids is 1. The van der Waals surface area contributed by atoms with Gasteiger partial charge in [0, 0.05) is 18.4 Å². The zero-order valence-electron chi connectivity index (χ0n) is 53.1. The monoisotopic (exact) mass is 1290 g/mol. The number of ether oxygens (including phenoxy) is 10. The predicted molar refractivity (Wildman–Crippen MR) is 308 cm³/mol. The number of hydrogen-bond donors (Lipinski definition) is 14. The van der Waals surface area contributed by atoms with Crippen LogP contribution in [0.15, 0.2) is 23.8 Å². The number of carboxylic acid groups (broad SMARTS) is 1. The third kappa shape index (κ3) is 12.3. The zero-order chi connectivity index (χ0) is 66.3. The molecule has 0 bridgehead atoms. The van der Waals surface area contributed by atoms with Crippen LogP contribution in [-0.2, 0) is 61.8 Å². The van der Waals surface area contributed by atoms with Gasteiger partial charge in [0.15, 0.2) is 25.0 Å². The molecule has 31 atom stereocenters. The topological polar surface area (TPSA) is 427 Å². The van der Waals surface area contributed by atoms with Crippen molar-refractivity contribution in [1.29, 1.82) is 0 Å². The fraction of sp³-hybridized carbons (Fsp3) is 0.889. The number of esters is 2. The number of aliphatic hydroxyl groups excluding tert-OH is 13. The van der Waals surface area contributed by atoms with Crippen LogP contribution in [-0.4, -0.2) is 263 Å². The minimum absolute atomic E-state index is 0.0126. The van der Waals surface area contributed by atoms with E-state index in [0.717, 1.165) is 12.0 Å². The van der Waals surface area contributed by atoms with Crippen LogP contribution in [0.25, 0.3) is 0 Å². The maximum atomic E-state index is 13.3. The second-order valence-corrected chi connectivity index (χ2v) is 29.1. The van der Waals surface area contributed by atoms with Gasteiger partial charge in [0.05, 0.1) is 43.5 Å². The maximum Gasteiger partial charge on any atom is 0.335 e. The lowest BCUT2D eigenvalue weighted by atomic mass is 9.33. The van der Waals surface area contributed by atoms with E-state index in [1.807, 2.05) is 34.6 Å². The summed E-state index contributed by atoms with van der Waals surface area (Å²) in [5.41, 5.74) is -3.54. The van der Waals surface area contributed by atoms with Crippen LogP contribution in [0, 0.1) is 50.2 Å². The average molecular weight is 1290 g/mol. The molecule has 0 unspecified atom stereocenters. The molecule has 0 spiro atoms. The fourth-order valence-electron chi connectivity index (χ4n) is 18.0. The molecule has 27 heteroatoms. The largest absolute Gasteiger partial charge is 0.479 e. The van der Waals surface area contributed by atoms with Gasteiger partial charge in [-0.3, -0.25) is 4.79 Å². The number of unbranched alkanes of at least 4 members (excludes halogenated alkanes) is 1. The molecule has 0 aromatic rings. The molecule has 4 heterocycles. The highest BCUT2D eigenvalue weighted by Crippen LogP contribution is 2.76. The summed E-state index contributed by atoms with van der Waals surface area (Å²) in [4.78, 5) is 39.1. The molecule has 514 valence electrons. The number of aliphatic carboxylic acids is 1. The van der Waals surface area contributed by atoms with Crippen molar-refractivity contribution in [3.8, 4) is 0 Å². The molecule has 4 saturated carbocycles. The van der Waals surface area contributed by atoms with Crippen molar-refractivity contribution < 1.29 is 133 Å². The molecule has 8 fully saturated rings. The summed E-state index contributed by atoms with van der Waals surface area (Å²) in [5, 5.41) is 156. The van der Waals surface area contributed by atoms with E-state index in [1.54, 1.807) is 6.08 Å². The van der Waals surface area contributed by atoms with Crippen molar-refractivity contribution >= 4 is 17.9 Å². The fourth-order valence-corrected chi connectivity index (χ4v) is 18.0. The van der Waals surface area contributed by atoms with Gasteiger partial charge in [-0.15, -0.1) is 0 Å². The van der Waals surface area contributed by atoms with E-state index in [9.17, 15) is 85.9 Å². The van der Waals surface area contributed by atoms with E-state index in [0.29, 0.717) is 44.9 Å². The Hall–Kier alpha value is -2.95. The Balaban J connectivity index is 1.02. The van der Waals surface area contributed by atoms with Gasteiger partial charge in [0.2, 0.25) is 0 Å². The number of carbonyl (C=O) groups excluding carboxylic acids is 2. The number of carbonyl (C=O) groups is 3. The van der Waals surface area contributed by atoms with Crippen LogP contribution in [0.5, 0.6) is 0 Å². The quantitative estimate of drug-likeness (QED) is 0.0338. The van der Waals surface area contributed by atoms with Gasteiger partial charge in [0.1, 0.15) is 110 Å². The number of fused-ring (bicyclic) bond motifs is 7. The lowest BCUT2D eigenvalue weighted by Crippen LogP contribution is -2.72. The van der Waals surface area contributed by atoms with E-state index in [-0.39, 0.29) is 24.9 Å². The Labute approximate surface area is 524 Å². The lowest BCUT2D eigenvalue weighted by molar-refractivity contribution is -0.380. The molecule has 4 aliphatic heterocycles. The normalized spacial score (nSPS) is 49.9. The smallest absolute Gasteiger partial charge is 0.335 e. The van der Waals surface area contributed by atoms with Gasteiger partial charge in [0.25, 0.3) is 0 Å². The third-order valence-electron chi connectivity index (χ3n) is 23.2. The summed E-state index contributed by atoms with van der Waals surface area (Å²) in [5.74, 6) is -3.51. The molecule has 9 rings (SSSR count). The zero-order valence-corrected chi connectivity index (χ0v) is 53.1. The molecule has 4 saturated heterocycles. The molecule has 0 aromatic heterocycles. The van der Waals surface area contributed by atoms with Gasteiger partial charge in [-0.05, 0) is 97.7 Å². The van der Waals surface area contributed by atoms with Crippen molar-refractivity contribution in [1.82, 2.24) is 0 Å². The first-order chi connectivity index (χ1) is 42.1. The van der Waals surface area contributed by atoms with Gasteiger partial charge in [-0.1, -0.05) is 79.5 Å². The van der Waals surface area contributed by atoms with Crippen molar-refractivity contribution in [3.63, 3.8) is 0 Å². The van der Waals surface area contributed by atoms with E-state index in [2.05, 4.69) is 26.8 Å². The second kappa shape index (κ2) is 26.9. The molecule has 0 amide bonds. The van der Waals surface area contributed by atoms with Gasteiger partial charge >= 0.3 is 17.9 Å². The van der Waals surface area contributed by atoms with Crippen molar-refractivity contribution in [2.75, 3.05) is 26.4 Å². The van der Waals surface area contributed by atoms with Crippen LogP contribution in [0.1, 0.15) is 127 Å². The number of allylic oxidation sites excluding steroid dienone is 3. The molecular formula is C63H100O27. The standard InChI is InChI=1S/C63H100O27/c1-11-12-13-14-38(68)87-53-52(78)63(26-82-28(3)66)30(21-58(53,4)5)29-15-16-35-60(8)19-18-37(59(6,7)34(60)17-20-61(35,9)62(29,10)22-36(63)67)86-57-51(90-56-46(76)43(73)40(70)32(24-65)85-56)49(47(77)50(89-57)54(79)80)81-25-33-48(44(74)41(71)31(23-64)84-33)88-55-45(75)42(72)39(69)27(2)83-55/h13-15,27,30-37,39-53,55-57,64-65,67,69-78H,11-12,16-26H2,1-10H3,(H,79,80)/b14-13-/t27-,30-,31+,32+,33-,34-,35+,36+,37-,39-,40+,41-,42+,43-,44-,45+,46+,47-,48-,49-,50-,51+,52-,53-,55-,56-,57+,60-,61+,62+,63-/m0/s1. The molecule has 0 radical (unpaired) electrons. The first kappa shape index (κ1) is 71.3. The Morgan fingerprint density at radius 2 is 1.29 bits per heavy atom. The highest BCUT2D eigenvalue weighted by molar-refractivity contribution is 5.82. The van der Waals surface area contributed by atoms with E-state index in [4.69, 9.17) is 47.4 Å². The summed E-state index contributed by atoms with van der Waals surface area (Å²) >= 11 is 0. The van der Waals surface area contributed by atoms with Gasteiger partial charge in [-0.25, -0.2) is 9.59 Å². The SMILES string of the molecule is CCC/C=C\C(=O)O[C@H]1[C@H](O)[C@]2(COC(C)=O)[C@H](O)C[C@]3(C)C(=CC[C@@H]4[C@@]5(C)CC[C@H](O[C@@H]6O[C@H](C(=O)O)[C@@H](O)[C@H](OC[C@@H]7O[C@H](CO)[C@H](O)[C@H](O)[C@H]7O[C@@H]7O[C@@H](C)[C@H](O)[C@@H](O)[C@H]7O)[C@H]6O[C@@H]6O[C@H](CO)[C@@H](O)[C@H](O)[C@H]6O)C(C)(C)[C@@H]5CC[C@]43C)[C@@H]2CC1(C)C. The van der Waals surface area contributed by atoms with E-state index < -0.39 is 223 Å². The van der Waals surface area contributed by atoms with Crippen molar-refractivity contribution in [3.05, 3.63) is 23.8 Å². The average Bonchev–Trinajstić information content (AvgIpc) is 0.671. The highest BCUT2D eigenvalue weighted by atomic mass is 16.8. The first-order valence-corrected chi connectivity index (χ1v) is 32.0. The van der Waals surface area contributed by atoms with E-state index in [1.165, 1.54) is 19.9 Å². The van der Waals surface area contributed by atoms with Crippen molar-refractivity contribution in [2.45, 2.75) is 274 Å². The minimum Gasteiger partial charge on any atom is -0.479 e. The molecule has 0 aromatic carbocycles. The Morgan fingerprint density at radius 3 is 1.92 bits per heavy atom.